The number of carbonyl (C=O) groups excluding carboxylic acids is 1. The zero-order valence-electron chi connectivity index (χ0n) is 10.2. The SMILES string of the molecule is COc1cccc(C=CCSC(C)=O)c1C(=O)O. The number of methoxy groups -OCH3 is 1. The Bertz CT molecular complexity index is 480. The fraction of sp³-hybridized carbons (Fsp3) is 0.231. The molecule has 1 N–H and O–H groups in total. The van der Waals surface area contributed by atoms with E-state index < -0.39 is 5.97 Å². The van der Waals surface area contributed by atoms with Crippen molar-refractivity contribution in [3.05, 3.63) is 35.4 Å². The number of hydrogen-bond acceptors (Lipinski definition) is 4. The summed E-state index contributed by atoms with van der Waals surface area (Å²) >= 11 is 1.17. The van der Waals surface area contributed by atoms with Crippen LogP contribution in [0.25, 0.3) is 6.08 Å². The molecular weight excluding hydrogens is 252 g/mol. The predicted octanol–water partition coefficient (Wildman–Crippen LogP) is 2.69. The van der Waals surface area contributed by atoms with Gasteiger partial charge in [0.15, 0.2) is 5.12 Å². The highest BCUT2D eigenvalue weighted by Crippen LogP contribution is 2.23. The third-order valence-corrected chi connectivity index (χ3v) is 2.94. The van der Waals surface area contributed by atoms with Crippen molar-refractivity contribution in [2.45, 2.75) is 6.92 Å². The van der Waals surface area contributed by atoms with Gasteiger partial charge in [0.05, 0.1) is 7.11 Å². The van der Waals surface area contributed by atoms with Gasteiger partial charge in [-0.05, 0) is 11.6 Å². The molecule has 0 fully saturated rings. The van der Waals surface area contributed by atoms with Crippen LogP contribution in [-0.2, 0) is 4.79 Å². The standard InChI is InChI=1S/C13H14O4S/c1-9(14)18-8-4-6-10-5-3-7-11(17-2)12(10)13(15)16/h3-7H,8H2,1-2H3,(H,15,16). The van der Waals surface area contributed by atoms with E-state index in [1.165, 1.54) is 25.8 Å². The zero-order valence-corrected chi connectivity index (χ0v) is 11.0. The molecule has 4 nitrogen and oxygen atoms in total. The first-order chi connectivity index (χ1) is 8.56. The molecule has 5 heteroatoms. The maximum absolute atomic E-state index is 11.2. The summed E-state index contributed by atoms with van der Waals surface area (Å²) in [6.45, 7) is 1.49. The summed E-state index contributed by atoms with van der Waals surface area (Å²) in [5, 5.41) is 9.18. The van der Waals surface area contributed by atoms with E-state index in [9.17, 15) is 9.59 Å². The van der Waals surface area contributed by atoms with Crippen LogP contribution in [-0.4, -0.2) is 29.1 Å². The third-order valence-electron chi connectivity index (χ3n) is 2.17. The lowest BCUT2D eigenvalue weighted by molar-refractivity contribution is -0.109. The molecule has 1 aromatic rings. The van der Waals surface area contributed by atoms with Crippen LogP contribution in [0.5, 0.6) is 5.75 Å². The molecule has 0 aromatic heterocycles. The summed E-state index contributed by atoms with van der Waals surface area (Å²) in [6.07, 6.45) is 3.44. The van der Waals surface area contributed by atoms with E-state index in [2.05, 4.69) is 0 Å². The average molecular weight is 266 g/mol. The smallest absolute Gasteiger partial charge is 0.340 e. The van der Waals surface area contributed by atoms with Crippen molar-refractivity contribution < 1.29 is 19.4 Å². The summed E-state index contributed by atoms with van der Waals surface area (Å²) < 4.78 is 5.02. The summed E-state index contributed by atoms with van der Waals surface area (Å²) in [5.74, 6) is -0.193. The van der Waals surface area contributed by atoms with Crippen molar-refractivity contribution in [2.24, 2.45) is 0 Å². The first-order valence-corrected chi connectivity index (χ1v) is 6.25. The van der Waals surface area contributed by atoms with Crippen molar-refractivity contribution in [2.75, 3.05) is 12.9 Å². The summed E-state index contributed by atoms with van der Waals surface area (Å²) in [6, 6.07) is 5.02. The fourth-order valence-electron chi connectivity index (χ4n) is 1.43. The van der Waals surface area contributed by atoms with Gasteiger partial charge in [-0.15, -0.1) is 0 Å². The van der Waals surface area contributed by atoms with E-state index in [4.69, 9.17) is 9.84 Å². The second-order valence-corrected chi connectivity index (χ2v) is 4.63. The van der Waals surface area contributed by atoms with Crippen molar-refractivity contribution in [3.63, 3.8) is 0 Å². The lowest BCUT2D eigenvalue weighted by Crippen LogP contribution is -2.03. The van der Waals surface area contributed by atoms with Gasteiger partial charge in [0, 0.05) is 12.7 Å². The Morgan fingerprint density at radius 2 is 2.17 bits per heavy atom. The predicted molar refractivity (Wildman–Crippen MR) is 72.1 cm³/mol. The maximum Gasteiger partial charge on any atom is 0.340 e. The molecule has 0 aliphatic carbocycles. The van der Waals surface area contributed by atoms with Gasteiger partial charge in [-0.2, -0.15) is 0 Å². The van der Waals surface area contributed by atoms with E-state index >= 15 is 0 Å². The molecule has 1 rings (SSSR count). The minimum absolute atomic E-state index is 0.0313. The largest absolute Gasteiger partial charge is 0.496 e. The first kappa shape index (κ1) is 14.3. The molecule has 0 heterocycles. The summed E-state index contributed by atoms with van der Waals surface area (Å²) in [4.78, 5) is 21.9. The van der Waals surface area contributed by atoms with Gasteiger partial charge in [0.25, 0.3) is 0 Å². The lowest BCUT2D eigenvalue weighted by Gasteiger charge is -2.07. The van der Waals surface area contributed by atoms with Gasteiger partial charge in [0.2, 0.25) is 0 Å². The van der Waals surface area contributed by atoms with Gasteiger partial charge in [-0.1, -0.05) is 36.0 Å². The van der Waals surface area contributed by atoms with E-state index in [1.807, 2.05) is 0 Å². The zero-order chi connectivity index (χ0) is 13.5. The van der Waals surface area contributed by atoms with Crippen LogP contribution in [0.1, 0.15) is 22.8 Å². The fourth-order valence-corrected chi connectivity index (χ4v) is 1.85. The quantitative estimate of drug-likeness (QED) is 0.887. The van der Waals surface area contributed by atoms with Gasteiger partial charge in [0.1, 0.15) is 11.3 Å². The number of thioether (sulfide) groups is 1. The highest BCUT2D eigenvalue weighted by molar-refractivity contribution is 8.13. The van der Waals surface area contributed by atoms with Crippen molar-refractivity contribution in [3.8, 4) is 5.75 Å². The minimum atomic E-state index is -1.04. The Labute approximate surface area is 110 Å². The lowest BCUT2D eigenvalue weighted by atomic mass is 10.1. The van der Waals surface area contributed by atoms with Gasteiger partial charge >= 0.3 is 5.97 Å². The van der Waals surface area contributed by atoms with Crippen molar-refractivity contribution in [1.29, 1.82) is 0 Å². The van der Waals surface area contributed by atoms with E-state index in [0.717, 1.165) is 0 Å². The molecule has 0 aliphatic heterocycles. The molecule has 0 atom stereocenters. The van der Waals surface area contributed by atoms with E-state index in [-0.39, 0.29) is 10.7 Å². The Morgan fingerprint density at radius 1 is 1.44 bits per heavy atom. The van der Waals surface area contributed by atoms with Crippen LogP contribution in [0.3, 0.4) is 0 Å². The minimum Gasteiger partial charge on any atom is -0.496 e. The number of carboxylic acid groups (broad SMARTS) is 1. The second kappa shape index (κ2) is 6.86. The number of aromatic carboxylic acids is 1. The number of benzene rings is 1. The highest BCUT2D eigenvalue weighted by Gasteiger charge is 2.14. The van der Waals surface area contributed by atoms with Crippen LogP contribution in [0.2, 0.25) is 0 Å². The Kier molecular flexibility index (Phi) is 5.45. The molecule has 96 valence electrons. The van der Waals surface area contributed by atoms with E-state index in [0.29, 0.717) is 17.1 Å². The topological polar surface area (TPSA) is 63.6 Å². The molecule has 1 aromatic carbocycles. The van der Waals surface area contributed by atoms with Crippen molar-refractivity contribution in [1.82, 2.24) is 0 Å². The Hall–Kier alpha value is -1.75. The molecule has 18 heavy (non-hydrogen) atoms. The molecule has 0 spiro atoms. The molecule has 0 unspecified atom stereocenters. The second-order valence-electron chi connectivity index (χ2n) is 3.43. The maximum atomic E-state index is 11.2. The average Bonchev–Trinajstić information content (AvgIpc) is 2.33. The summed E-state index contributed by atoms with van der Waals surface area (Å²) in [5.41, 5.74) is 0.690. The van der Waals surface area contributed by atoms with Crippen molar-refractivity contribution >= 4 is 28.9 Å². The van der Waals surface area contributed by atoms with Crippen LogP contribution in [0.4, 0.5) is 0 Å². The van der Waals surface area contributed by atoms with Crippen LogP contribution >= 0.6 is 11.8 Å². The highest BCUT2D eigenvalue weighted by atomic mass is 32.2. The molecule has 0 radical (unpaired) electrons. The number of carboxylic acids is 1. The number of hydrogen-bond donors (Lipinski definition) is 1. The molecule has 0 saturated carbocycles. The van der Waals surface area contributed by atoms with Gasteiger partial charge in [-0.25, -0.2) is 4.79 Å². The number of ether oxygens (including phenoxy) is 1. The van der Waals surface area contributed by atoms with Crippen LogP contribution in [0.15, 0.2) is 24.3 Å². The Balaban J connectivity index is 2.94. The Morgan fingerprint density at radius 3 is 2.72 bits per heavy atom. The van der Waals surface area contributed by atoms with Crippen LogP contribution < -0.4 is 4.74 Å². The number of rotatable bonds is 5. The van der Waals surface area contributed by atoms with E-state index in [1.54, 1.807) is 30.4 Å². The monoisotopic (exact) mass is 266 g/mol. The normalized spacial score (nSPS) is 10.6. The van der Waals surface area contributed by atoms with Crippen LogP contribution in [0, 0.1) is 0 Å². The molecule has 0 saturated heterocycles. The molecule has 0 bridgehead atoms. The third kappa shape index (κ3) is 3.92. The molecular formula is C13H14O4S. The molecule has 0 aliphatic rings. The van der Waals surface area contributed by atoms with Gasteiger partial charge in [-0.3, -0.25) is 4.79 Å². The summed E-state index contributed by atoms with van der Waals surface area (Å²) in [7, 11) is 1.43. The molecule has 0 amide bonds. The first-order valence-electron chi connectivity index (χ1n) is 5.26. The van der Waals surface area contributed by atoms with Gasteiger partial charge < -0.3 is 9.84 Å². The number of carbonyl (C=O) groups is 2.